The molecule has 0 spiro atoms. The number of nitrogens with zero attached hydrogens (tertiary/aromatic N) is 5. The maximum absolute atomic E-state index is 13.4. The number of H-pyrrole nitrogens is 1. The lowest BCUT2D eigenvalue weighted by atomic mass is 9.98. The summed E-state index contributed by atoms with van der Waals surface area (Å²) in [5.74, 6) is 0.585. The van der Waals surface area contributed by atoms with E-state index >= 15 is 0 Å². The lowest BCUT2D eigenvalue weighted by Gasteiger charge is -2.36. The van der Waals surface area contributed by atoms with Crippen LogP contribution in [-0.4, -0.2) is 70.1 Å². The first-order chi connectivity index (χ1) is 17.0. The Kier molecular flexibility index (Phi) is 7.92. The summed E-state index contributed by atoms with van der Waals surface area (Å²) >= 11 is 0. The van der Waals surface area contributed by atoms with E-state index in [2.05, 4.69) is 49.2 Å². The van der Waals surface area contributed by atoms with Gasteiger partial charge in [0, 0.05) is 41.6 Å². The smallest absolute Gasteiger partial charge is 0.270 e. The molecule has 0 bridgehead atoms. The number of nitrogens with one attached hydrogen (secondary N) is 2. The Morgan fingerprint density at radius 2 is 2.11 bits per heavy atom. The lowest BCUT2D eigenvalue weighted by Crippen LogP contribution is -2.45. The van der Waals surface area contributed by atoms with E-state index in [4.69, 9.17) is 0 Å². The number of aromatic nitrogens is 3. The van der Waals surface area contributed by atoms with E-state index < -0.39 is 0 Å². The van der Waals surface area contributed by atoms with E-state index in [1.807, 2.05) is 50.3 Å². The van der Waals surface area contributed by atoms with Gasteiger partial charge in [0.15, 0.2) is 0 Å². The molecule has 1 unspecified atom stereocenters. The van der Waals surface area contributed by atoms with Gasteiger partial charge in [-0.1, -0.05) is 6.08 Å². The van der Waals surface area contributed by atoms with Crippen LogP contribution in [0, 0.1) is 0 Å². The summed E-state index contributed by atoms with van der Waals surface area (Å²) in [7, 11) is 4.16. The molecule has 3 aromatic rings. The Balaban J connectivity index is 1.52. The van der Waals surface area contributed by atoms with Gasteiger partial charge in [-0.15, -0.1) is 0 Å². The quantitative estimate of drug-likeness (QED) is 0.444. The van der Waals surface area contributed by atoms with E-state index in [1.54, 1.807) is 12.4 Å². The second-order valence-electron chi connectivity index (χ2n) is 9.18. The van der Waals surface area contributed by atoms with Crippen molar-refractivity contribution in [3.05, 3.63) is 54.0 Å². The first-order valence-corrected chi connectivity index (χ1v) is 12.3. The van der Waals surface area contributed by atoms with Crippen LogP contribution >= 0.6 is 0 Å². The van der Waals surface area contributed by atoms with Gasteiger partial charge in [0.2, 0.25) is 5.95 Å². The highest BCUT2D eigenvalue weighted by molar-refractivity contribution is 5.99. The van der Waals surface area contributed by atoms with Gasteiger partial charge in [0.25, 0.3) is 5.91 Å². The fourth-order valence-electron chi connectivity index (χ4n) is 4.57. The molecule has 4 rings (SSSR count). The number of carbonyl (C=O) groups is 1. The van der Waals surface area contributed by atoms with Crippen LogP contribution in [0.1, 0.15) is 55.7 Å². The maximum Gasteiger partial charge on any atom is 0.270 e. The van der Waals surface area contributed by atoms with Gasteiger partial charge in [-0.2, -0.15) is 0 Å². The molecule has 1 saturated heterocycles. The van der Waals surface area contributed by atoms with Gasteiger partial charge in [-0.25, -0.2) is 9.97 Å². The van der Waals surface area contributed by atoms with E-state index in [-0.39, 0.29) is 5.91 Å². The molecule has 1 aliphatic rings. The van der Waals surface area contributed by atoms with Crippen LogP contribution in [-0.2, 0) is 0 Å². The Bertz CT molecular complexity index is 1230. The van der Waals surface area contributed by atoms with Gasteiger partial charge < -0.3 is 20.1 Å². The molecule has 0 saturated carbocycles. The number of allylic oxidation sites excluding steroid dienone is 1. The summed E-state index contributed by atoms with van der Waals surface area (Å²) < 4.78 is 0. The summed E-state index contributed by atoms with van der Waals surface area (Å²) in [4.78, 5) is 34.3. The summed E-state index contributed by atoms with van der Waals surface area (Å²) in [6, 6.07) is 10.0. The molecule has 2 aromatic heterocycles. The standard InChI is InChI=1S/C27H35N7O/c1-5-22(28-6-2)24-12-14-29-27(32-24)30-20-10-11-23-19(17-20)18-25(31-23)26(35)34-15-8-7-9-21(34)13-16-33(3)4/h5-6,10-12,14,17-18,21,31H,7-9,13,15-16H2,1-4H3,(H,29,30,32)/b22-5-,28-6?. The van der Waals surface area contributed by atoms with Crippen LogP contribution in [0.3, 0.4) is 0 Å². The summed E-state index contributed by atoms with van der Waals surface area (Å²) in [6.45, 7) is 5.62. The van der Waals surface area contributed by atoms with Crippen molar-refractivity contribution in [2.24, 2.45) is 4.99 Å². The highest BCUT2D eigenvalue weighted by Crippen LogP contribution is 2.26. The van der Waals surface area contributed by atoms with Gasteiger partial charge in [0.05, 0.1) is 11.4 Å². The molecule has 3 heterocycles. The van der Waals surface area contributed by atoms with Crippen LogP contribution in [0.15, 0.2) is 47.6 Å². The summed E-state index contributed by atoms with van der Waals surface area (Å²) in [5, 5.41) is 4.25. The zero-order valence-corrected chi connectivity index (χ0v) is 21.1. The number of piperidine rings is 1. The summed E-state index contributed by atoms with van der Waals surface area (Å²) in [5.41, 5.74) is 3.98. The van der Waals surface area contributed by atoms with Crippen molar-refractivity contribution >= 4 is 40.4 Å². The number of fused-ring (bicyclic) bond motifs is 1. The number of amides is 1. The van der Waals surface area contributed by atoms with Crippen molar-refractivity contribution in [1.29, 1.82) is 0 Å². The monoisotopic (exact) mass is 473 g/mol. The number of hydrogen-bond donors (Lipinski definition) is 2. The van der Waals surface area contributed by atoms with Crippen LogP contribution in [0.4, 0.5) is 11.6 Å². The average molecular weight is 474 g/mol. The predicted molar refractivity (Wildman–Crippen MR) is 143 cm³/mol. The topological polar surface area (TPSA) is 89.5 Å². The Morgan fingerprint density at radius 3 is 2.89 bits per heavy atom. The first-order valence-electron chi connectivity index (χ1n) is 12.3. The van der Waals surface area contributed by atoms with E-state index in [9.17, 15) is 4.79 Å². The highest BCUT2D eigenvalue weighted by atomic mass is 16.2. The molecule has 35 heavy (non-hydrogen) atoms. The highest BCUT2D eigenvalue weighted by Gasteiger charge is 2.28. The van der Waals surface area contributed by atoms with Gasteiger partial charge >= 0.3 is 0 Å². The van der Waals surface area contributed by atoms with Crippen LogP contribution in [0.2, 0.25) is 0 Å². The third-order valence-electron chi connectivity index (χ3n) is 6.36. The molecule has 1 aromatic carbocycles. The Labute approximate surface area is 207 Å². The second-order valence-corrected chi connectivity index (χ2v) is 9.18. The number of aromatic amines is 1. The van der Waals surface area contributed by atoms with Crippen molar-refractivity contribution in [2.45, 2.75) is 45.6 Å². The fourth-order valence-corrected chi connectivity index (χ4v) is 4.57. The number of rotatable bonds is 8. The molecule has 0 radical (unpaired) electrons. The van der Waals surface area contributed by atoms with E-state index in [0.29, 0.717) is 17.7 Å². The minimum Gasteiger partial charge on any atom is -0.351 e. The van der Waals surface area contributed by atoms with Gasteiger partial charge in [0.1, 0.15) is 5.69 Å². The number of benzene rings is 1. The zero-order chi connectivity index (χ0) is 24.8. The minimum absolute atomic E-state index is 0.0885. The molecule has 184 valence electrons. The van der Waals surface area contributed by atoms with Gasteiger partial charge in [-0.3, -0.25) is 9.79 Å². The van der Waals surface area contributed by atoms with Crippen LogP contribution in [0.25, 0.3) is 16.6 Å². The number of aliphatic imine (C=N–C) groups is 1. The molecule has 1 fully saturated rings. The molecule has 1 amide bonds. The zero-order valence-electron chi connectivity index (χ0n) is 21.1. The maximum atomic E-state index is 13.4. The third-order valence-corrected chi connectivity index (χ3v) is 6.36. The van der Waals surface area contributed by atoms with Crippen molar-refractivity contribution < 1.29 is 4.79 Å². The largest absolute Gasteiger partial charge is 0.351 e. The first kappa shape index (κ1) is 24.6. The SMILES string of the molecule is CC=N/C(=C\C)c1ccnc(Nc2ccc3[nH]c(C(=O)N4CCCCC4CCN(C)C)cc3c2)n1. The molecule has 8 nitrogen and oxygen atoms in total. The summed E-state index contributed by atoms with van der Waals surface area (Å²) in [6.07, 6.45) is 9.72. The molecule has 1 atom stereocenters. The molecule has 0 aliphatic carbocycles. The normalized spacial score (nSPS) is 17.0. The van der Waals surface area contributed by atoms with Gasteiger partial charge in [-0.05, 0) is 90.5 Å². The number of likely N-dealkylation sites (tertiary alicyclic amines) is 1. The predicted octanol–water partition coefficient (Wildman–Crippen LogP) is 5.10. The van der Waals surface area contributed by atoms with Crippen molar-refractivity contribution in [3.63, 3.8) is 0 Å². The van der Waals surface area contributed by atoms with Crippen molar-refractivity contribution in [2.75, 3.05) is 32.5 Å². The molecule has 8 heteroatoms. The van der Waals surface area contributed by atoms with Crippen LogP contribution in [0.5, 0.6) is 0 Å². The number of carbonyl (C=O) groups excluding carboxylic acids is 1. The molecule has 2 N–H and O–H groups in total. The average Bonchev–Trinajstić information content (AvgIpc) is 3.29. The minimum atomic E-state index is 0.0885. The van der Waals surface area contributed by atoms with E-state index in [1.165, 1.54) is 6.42 Å². The molecular formula is C27H35N7O. The molecular weight excluding hydrogens is 438 g/mol. The van der Waals surface area contributed by atoms with Crippen molar-refractivity contribution in [3.8, 4) is 0 Å². The van der Waals surface area contributed by atoms with Crippen molar-refractivity contribution in [1.82, 2.24) is 24.8 Å². The lowest BCUT2D eigenvalue weighted by molar-refractivity contribution is 0.0586. The fraction of sp³-hybridized carbons (Fsp3) is 0.407. The Morgan fingerprint density at radius 1 is 1.26 bits per heavy atom. The van der Waals surface area contributed by atoms with Crippen LogP contribution < -0.4 is 5.32 Å². The molecule has 1 aliphatic heterocycles. The number of anilines is 2. The number of hydrogen-bond acceptors (Lipinski definition) is 6. The second kappa shape index (κ2) is 11.3. The third kappa shape index (κ3) is 5.95. The van der Waals surface area contributed by atoms with E-state index in [0.717, 1.165) is 60.3 Å². The Hall–Kier alpha value is -3.52.